The minimum absolute atomic E-state index is 0.0628. The van der Waals surface area contributed by atoms with E-state index in [1.165, 1.54) is 6.07 Å². The van der Waals surface area contributed by atoms with E-state index < -0.39 is 4.92 Å². The molecule has 0 unspecified atom stereocenters. The van der Waals surface area contributed by atoms with E-state index in [1.807, 2.05) is 0 Å². The van der Waals surface area contributed by atoms with Crippen molar-refractivity contribution < 1.29 is 4.92 Å². The van der Waals surface area contributed by atoms with E-state index in [2.05, 4.69) is 12.2 Å². The summed E-state index contributed by atoms with van der Waals surface area (Å²) < 4.78 is 0. The molecule has 0 saturated heterocycles. The molecular weight excluding hydrogens is 184 g/mol. The van der Waals surface area contributed by atoms with Gasteiger partial charge in [-0.1, -0.05) is 23.6 Å². The lowest BCUT2D eigenvalue weighted by atomic mass is 10.5. The molecule has 1 aromatic rings. The highest BCUT2D eigenvalue weighted by Gasteiger charge is 2.10. The van der Waals surface area contributed by atoms with Gasteiger partial charge in [-0.2, -0.15) is 0 Å². The Morgan fingerprint density at radius 1 is 1.73 bits per heavy atom. The third-order valence-corrected chi connectivity index (χ3v) is 2.43. The second-order valence-electron chi connectivity index (χ2n) is 1.76. The number of nitro groups is 1. The molecule has 11 heavy (non-hydrogen) atoms. The van der Waals surface area contributed by atoms with E-state index in [0.29, 0.717) is 4.88 Å². The molecule has 6 heteroatoms. The van der Waals surface area contributed by atoms with Gasteiger partial charge in [-0.3, -0.25) is 10.1 Å². The first-order valence-electron chi connectivity index (χ1n) is 2.65. The highest BCUT2D eigenvalue weighted by Crippen LogP contribution is 2.23. The van der Waals surface area contributed by atoms with Crippen LogP contribution in [0.25, 0.3) is 0 Å². The van der Waals surface area contributed by atoms with Crippen molar-refractivity contribution in [3.63, 3.8) is 0 Å². The van der Waals surface area contributed by atoms with Gasteiger partial charge in [-0.15, -0.1) is 0 Å². The Labute approximate surface area is 71.8 Å². The second kappa shape index (κ2) is 2.93. The summed E-state index contributed by atoms with van der Waals surface area (Å²) in [4.78, 5) is 10.5. The summed E-state index contributed by atoms with van der Waals surface area (Å²) in [5.41, 5.74) is 5.25. The van der Waals surface area contributed by atoms with Crippen molar-refractivity contribution in [2.45, 2.75) is 0 Å². The van der Waals surface area contributed by atoms with Crippen molar-refractivity contribution in [1.82, 2.24) is 0 Å². The third kappa shape index (κ3) is 1.72. The molecule has 0 aliphatic heterocycles. The molecule has 4 nitrogen and oxygen atoms in total. The summed E-state index contributed by atoms with van der Waals surface area (Å²) in [6.07, 6.45) is 0. The maximum absolute atomic E-state index is 10.2. The molecule has 0 atom stereocenters. The van der Waals surface area contributed by atoms with Gasteiger partial charge in [0, 0.05) is 6.07 Å². The number of thiophene rings is 1. The van der Waals surface area contributed by atoms with Crippen LogP contribution in [-0.2, 0) is 0 Å². The Balaban J connectivity index is 2.99. The average Bonchev–Trinajstić information content (AvgIpc) is 2.33. The summed E-state index contributed by atoms with van der Waals surface area (Å²) in [7, 11) is 0. The molecule has 0 amide bonds. The Kier molecular flexibility index (Phi) is 2.16. The van der Waals surface area contributed by atoms with E-state index in [1.54, 1.807) is 6.07 Å². The molecule has 0 aromatic carbocycles. The zero-order valence-electron chi connectivity index (χ0n) is 5.31. The van der Waals surface area contributed by atoms with Crippen molar-refractivity contribution in [2.75, 3.05) is 0 Å². The van der Waals surface area contributed by atoms with E-state index in [9.17, 15) is 10.1 Å². The van der Waals surface area contributed by atoms with Gasteiger partial charge in [-0.25, -0.2) is 0 Å². The van der Waals surface area contributed by atoms with Crippen molar-refractivity contribution in [2.24, 2.45) is 5.73 Å². The predicted octanol–water partition coefficient (Wildman–Crippen LogP) is 1.29. The van der Waals surface area contributed by atoms with Crippen molar-refractivity contribution >= 4 is 33.5 Å². The first-order chi connectivity index (χ1) is 5.11. The first-order valence-corrected chi connectivity index (χ1v) is 3.88. The second-order valence-corrected chi connectivity index (χ2v) is 3.26. The standard InChI is InChI=1S/C5H4N2O2S2/c6-5(10)3-1-2-4(11-3)7(8)9/h1-2H,(H2,6,10). The van der Waals surface area contributed by atoms with Crippen LogP contribution < -0.4 is 5.73 Å². The fraction of sp³-hybridized carbons (Fsp3) is 0. The SMILES string of the molecule is NC(=S)c1ccc([N+](=O)[O-])s1. The van der Waals surface area contributed by atoms with Gasteiger partial charge in [0.25, 0.3) is 0 Å². The minimum atomic E-state index is -0.466. The molecule has 0 bridgehead atoms. The van der Waals surface area contributed by atoms with Gasteiger partial charge in [-0.05, 0) is 6.07 Å². The van der Waals surface area contributed by atoms with E-state index >= 15 is 0 Å². The smallest absolute Gasteiger partial charge is 0.324 e. The molecule has 2 N–H and O–H groups in total. The molecule has 0 aliphatic rings. The van der Waals surface area contributed by atoms with Crippen LogP contribution >= 0.6 is 23.6 Å². The number of nitrogens with zero attached hydrogens (tertiary/aromatic N) is 1. The lowest BCUT2D eigenvalue weighted by molar-refractivity contribution is -0.380. The maximum Gasteiger partial charge on any atom is 0.324 e. The van der Waals surface area contributed by atoms with Crippen LogP contribution in [0, 0.1) is 10.1 Å². The lowest BCUT2D eigenvalue weighted by Gasteiger charge is -1.85. The molecule has 58 valence electrons. The quantitative estimate of drug-likeness (QED) is 0.431. The van der Waals surface area contributed by atoms with Crippen molar-refractivity contribution in [3.05, 3.63) is 27.1 Å². The number of hydrogen-bond donors (Lipinski definition) is 1. The van der Waals surface area contributed by atoms with Crippen LogP contribution in [0.3, 0.4) is 0 Å². The normalized spacial score (nSPS) is 9.45. The largest absolute Gasteiger partial charge is 0.389 e. The van der Waals surface area contributed by atoms with Crippen molar-refractivity contribution in [1.29, 1.82) is 0 Å². The fourth-order valence-corrected chi connectivity index (χ4v) is 1.42. The van der Waals surface area contributed by atoms with Crippen molar-refractivity contribution in [3.8, 4) is 0 Å². The maximum atomic E-state index is 10.2. The molecule has 1 aromatic heterocycles. The zero-order valence-corrected chi connectivity index (χ0v) is 6.95. The van der Waals surface area contributed by atoms with Gasteiger partial charge in [0.05, 0.1) is 9.80 Å². The van der Waals surface area contributed by atoms with Gasteiger partial charge in [0.15, 0.2) is 0 Å². The summed E-state index contributed by atoms with van der Waals surface area (Å²) in [6, 6.07) is 2.93. The highest BCUT2D eigenvalue weighted by molar-refractivity contribution is 7.81. The van der Waals surface area contributed by atoms with Gasteiger partial charge in [0.2, 0.25) is 0 Å². The molecule has 0 spiro atoms. The Morgan fingerprint density at radius 2 is 2.36 bits per heavy atom. The molecule has 0 fully saturated rings. The topological polar surface area (TPSA) is 69.2 Å². The Bertz CT molecular complexity index is 279. The first kappa shape index (κ1) is 8.09. The molecule has 0 radical (unpaired) electrons. The van der Waals surface area contributed by atoms with Gasteiger partial charge < -0.3 is 5.73 Å². The molecule has 0 aliphatic carbocycles. The van der Waals surface area contributed by atoms with Crippen LogP contribution in [0.2, 0.25) is 0 Å². The molecular formula is C5H4N2O2S2. The highest BCUT2D eigenvalue weighted by atomic mass is 32.1. The van der Waals surface area contributed by atoms with Crippen LogP contribution in [0.4, 0.5) is 5.00 Å². The minimum Gasteiger partial charge on any atom is -0.389 e. The van der Waals surface area contributed by atoms with E-state index in [4.69, 9.17) is 5.73 Å². The number of rotatable bonds is 2. The average molecular weight is 188 g/mol. The molecule has 0 saturated carbocycles. The Hall–Kier alpha value is -1.01. The van der Waals surface area contributed by atoms with E-state index in [0.717, 1.165) is 11.3 Å². The summed E-state index contributed by atoms with van der Waals surface area (Å²) in [5, 5.41) is 10.2. The number of nitrogens with two attached hydrogens (primary N) is 1. The van der Waals surface area contributed by atoms with Gasteiger partial charge >= 0.3 is 5.00 Å². The summed E-state index contributed by atoms with van der Waals surface area (Å²) in [5.74, 6) is 0. The summed E-state index contributed by atoms with van der Waals surface area (Å²) >= 11 is 5.61. The fourth-order valence-electron chi connectivity index (χ4n) is 0.558. The molecule has 1 rings (SSSR count). The zero-order chi connectivity index (χ0) is 8.43. The summed E-state index contributed by atoms with van der Waals surface area (Å²) in [6.45, 7) is 0. The van der Waals surface area contributed by atoms with E-state index in [-0.39, 0.29) is 9.99 Å². The number of hydrogen-bond acceptors (Lipinski definition) is 4. The van der Waals surface area contributed by atoms with Gasteiger partial charge in [0.1, 0.15) is 4.99 Å². The van der Waals surface area contributed by atoms with Crippen LogP contribution in [-0.4, -0.2) is 9.91 Å². The number of thiocarbonyl (C=S) groups is 1. The predicted molar refractivity (Wildman–Crippen MR) is 46.9 cm³/mol. The molecule has 1 heterocycles. The van der Waals surface area contributed by atoms with Crippen LogP contribution in [0.15, 0.2) is 12.1 Å². The lowest BCUT2D eigenvalue weighted by Crippen LogP contribution is -2.06. The monoisotopic (exact) mass is 188 g/mol. The Morgan fingerprint density at radius 3 is 2.64 bits per heavy atom. The third-order valence-electron chi connectivity index (χ3n) is 1.01. The van der Waals surface area contributed by atoms with Crippen LogP contribution in [0.1, 0.15) is 4.88 Å². The van der Waals surface area contributed by atoms with Crippen LogP contribution in [0.5, 0.6) is 0 Å².